The first-order valence-corrected chi connectivity index (χ1v) is 9.37. The van der Waals surface area contributed by atoms with E-state index in [1.807, 2.05) is 0 Å². The van der Waals surface area contributed by atoms with Gasteiger partial charge >= 0.3 is 0 Å². The number of hydrogen-bond acceptors (Lipinski definition) is 2. The third-order valence-corrected chi connectivity index (χ3v) is 5.20. The van der Waals surface area contributed by atoms with Crippen molar-refractivity contribution in [2.24, 2.45) is 16.8 Å². The summed E-state index contributed by atoms with van der Waals surface area (Å²) in [6, 6.07) is 0.670. The minimum Gasteiger partial charge on any atom is -0.357 e. The molecule has 136 valence electrons. The molecule has 5 heteroatoms. The summed E-state index contributed by atoms with van der Waals surface area (Å²) < 4.78 is 0. The van der Waals surface area contributed by atoms with E-state index in [2.05, 4.69) is 42.8 Å². The summed E-state index contributed by atoms with van der Waals surface area (Å²) in [5, 5.41) is 3.50. The lowest BCUT2D eigenvalue weighted by molar-refractivity contribution is 0.143. The lowest BCUT2D eigenvalue weighted by Crippen LogP contribution is -2.46. The molecule has 0 aromatic carbocycles. The van der Waals surface area contributed by atoms with Crippen LogP contribution < -0.4 is 5.32 Å². The highest BCUT2D eigenvalue weighted by Crippen LogP contribution is 2.19. The van der Waals surface area contributed by atoms with Crippen molar-refractivity contribution in [3.05, 3.63) is 0 Å². The van der Waals surface area contributed by atoms with Crippen molar-refractivity contribution in [1.82, 2.24) is 15.1 Å². The van der Waals surface area contributed by atoms with E-state index in [9.17, 15) is 0 Å². The van der Waals surface area contributed by atoms with Crippen LogP contribution in [0.1, 0.15) is 53.4 Å². The molecule has 0 spiro atoms. The molecule has 1 unspecified atom stereocenters. The predicted molar refractivity (Wildman–Crippen MR) is 111 cm³/mol. The van der Waals surface area contributed by atoms with Gasteiger partial charge in [-0.05, 0) is 64.8 Å². The molecule has 4 nitrogen and oxygen atoms in total. The monoisotopic (exact) mass is 436 g/mol. The zero-order valence-corrected chi connectivity index (χ0v) is 17.9. The Morgan fingerprint density at radius 2 is 1.87 bits per heavy atom. The summed E-state index contributed by atoms with van der Waals surface area (Å²) in [6.45, 7) is 15.9. The Bertz CT molecular complexity index is 351. The fourth-order valence-corrected chi connectivity index (χ4v) is 3.58. The van der Waals surface area contributed by atoms with Crippen LogP contribution in [0.2, 0.25) is 0 Å². The molecule has 2 heterocycles. The average molecular weight is 436 g/mol. The lowest BCUT2D eigenvalue weighted by Gasteiger charge is -2.36. The molecular weight excluding hydrogens is 399 g/mol. The molecule has 2 aliphatic rings. The molecule has 0 aromatic rings. The molecule has 2 saturated heterocycles. The van der Waals surface area contributed by atoms with Crippen LogP contribution in [0.25, 0.3) is 0 Å². The van der Waals surface area contributed by atoms with E-state index in [1.165, 1.54) is 38.8 Å². The van der Waals surface area contributed by atoms with Crippen molar-refractivity contribution >= 4 is 29.9 Å². The van der Waals surface area contributed by atoms with Gasteiger partial charge in [-0.3, -0.25) is 4.99 Å². The number of halogens is 1. The first-order chi connectivity index (χ1) is 10.6. The molecule has 2 rings (SSSR count). The second-order valence-corrected chi connectivity index (χ2v) is 7.46. The van der Waals surface area contributed by atoms with Gasteiger partial charge in [0.05, 0.1) is 0 Å². The summed E-state index contributed by atoms with van der Waals surface area (Å²) in [7, 11) is 0. The average Bonchev–Trinajstić information content (AvgIpc) is 2.52. The fourth-order valence-electron chi connectivity index (χ4n) is 3.58. The summed E-state index contributed by atoms with van der Waals surface area (Å²) in [6.07, 6.45) is 5.27. The number of aliphatic imine (C=N–C) groups is 1. The summed E-state index contributed by atoms with van der Waals surface area (Å²) in [4.78, 5) is 10.1. The van der Waals surface area contributed by atoms with E-state index in [0.717, 1.165) is 44.0 Å². The first kappa shape index (κ1) is 21.0. The van der Waals surface area contributed by atoms with Crippen molar-refractivity contribution < 1.29 is 0 Å². The van der Waals surface area contributed by atoms with Gasteiger partial charge < -0.3 is 15.1 Å². The van der Waals surface area contributed by atoms with Gasteiger partial charge in [-0.1, -0.05) is 6.92 Å². The minimum absolute atomic E-state index is 0. The third-order valence-electron chi connectivity index (χ3n) is 5.20. The van der Waals surface area contributed by atoms with Crippen LogP contribution in [-0.4, -0.2) is 61.1 Å². The topological polar surface area (TPSA) is 30.9 Å². The maximum Gasteiger partial charge on any atom is 0.193 e. The SMILES string of the molecule is CCNC(=NCC1CCCN(C(C)C)C1)N1CCC(C)CC1.I. The molecule has 1 atom stereocenters. The van der Waals surface area contributed by atoms with Crippen molar-refractivity contribution in [3.63, 3.8) is 0 Å². The van der Waals surface area contributed by atoms with E-state index in [0.29, 0.717) is 6.04 Å². The fraction of sp³-hybridized carbons (Fsp3) is 0.944. The zero-order chi connectivity index (χ0) is 15.9. The highest BCUT2D eigenvalue weighted by molar-refractivity contribution is 14.0. The number of guanidine groups is 1. The molecular formula is C18H37IN4. The molecule has 0 radical (unpaired) electrons. The van der Waals surface area contributed by atoms with Crippen LogP contribution in [-0.2, 0) is 0 Å². The standard InChI is InChI=1S/C18H36N4.HI/c1-5-19-18(21-11-8-16(4)9-12-21)20-13-17-7-6-10-22(14-17)15(2)3;/h15-17H,5-14H2,1-4H3,(H,19,20);1H. The number of nitrogens with one attached hydrogen (secondary N) is 1. The van der Waals surface area contributed by atoms with Crippen LogP contribution in [0.15, 0.2) is 4.99 Å². The molecule has 0 amide bonds. The number of hydrogen-bond donors (Lipinski definition) is 1. The van der Waals surface area contributed by atoms with Crippen LogP contribution >= 0.6 is 24.0 Å². The normalized spacial score (nSPS) is 24.7. The highest BCUT2D eigenvalue weighted by Gasteiger charge is 2.23. The molecule has 2 fully saturated rings. The van der Waals surface area contributed by atoms with E-state index in [-0.39, 0.29) is 24.0 Å². The first-order valence-electron chi connectivity index (χ1n) is 9.37. The van der Waals surface area contributed by atoms with Crippen LogP contribution in [0.4, 0.5) is 0 Å². The molecule has 2 aliphatic heterocycles. The third kappa shape index (κ3) is 6.77. The van der Waals surface area contributed by atoms with E-state index in [1.54, 1.807) is 0 Å². The lowest BCUT2D eigenvalue weighted by atomic mass is 9.97. The van der Waals surface area contributed by atoms with Gasteiger partial charge in [0.1, 0.15) is 0 Å². The largest absolute Gasteiger partial charge is 0.357 e. The number of rotatable bonds is 4. The second-order valence-electron chi connectivity index (χ2n) is 7.46. The maximum atomic E-state index is 4.98. The van der Waals surface area contributed by atoms with Gasteiger partial charge in [0.2, 0.25) is 0 Å². The van der Waals surface area contributed by atoms with Gasteiger partial charge in [0.15, 0.2) is 5.96 Å². The van der Waals surface area contributed by atoms with Crippen molar-refractivity contribution in [1.29, 1.82) is 0 Å². The predicted octanol–water partition coefficient (Wildman–Crippen LogP) is 3.42. The Kier molecular flexibility index (Phi) is 9.82. The van der Waals surface area contributed by atoms with E-state index < -0.39 is 0 Å². The molecule has 1 N–H and O–H groups in total. The van der Waals surface area contributed by atoms with Crippen molar-refractivity contribution in [2.75, 3.05) is 39.3 Å². The van der Waals surface area contributed by atoms with Gasteiger partial charge in [-0.2, -0.15) is 0 Å². The Balaban J connectivity index is 0.00000264. The van der Waals surface area contributed by atoms with Crippen molar-refractivity contribution in [2.45, 2.75) is 59.4 Å². The zero-order valence-electron chi connectivity index (χ0n) is 15.6. The Labute approximate surface area is 160 Å². The second kappa shape index (κ2) is 10.7. The molecule has 23 heavy (non-hydrogen) atoms. The van der Waals surface area contributed by atoms with Gasteiger partial charge in [0.25, 0.3) is 0 Å². The molecule has 0 bridgehead atoms. The van der Waals surface area contributed by atoms with Crippen LogP contribution in [0.5, 0.6) is 0 Å². The Hall–Kier alpha value is -0.0400. The number of piperidine rings is 2. The van der Waals surface area contributed by atoms with Gasteiger partial charge in [-0.25, -0.2) is 0 Å². The van der Waals surface area contributed by atoms with Crippen LogP contribution in [0.3, 0.4) is 0 Å². The number of likely N-dealkylation sites (tertiary alicyclic amines) is 2. The summed E-state index contributed by atoms with van der Waals surface area (Å²) in [5.74, 6) is 2.75. The highest BCUT2D eigenvalue weighted by atomic mass is 127. The summed E-state index contributed by atoms with van der Waals surface area (Å²) >= 11 is 0. The minimum atomic E-state index is 0. The van der Waals surface area contributed by atoms with Gasteiger partial charge in [0, 0.05) is 38.8 Å². The Morgan fingerprint density at radius 1 is 1.17 bits per heavy atom. The quantitative estimate of drug-likeness (QED) is 0.416. The molecule has 0 aromatic heterocycles. The number of nitrogens with zero attached hydrogens (tertiary/aromatic N) is 3. The van der Waals surface area contributed by atoms with E-state index >= 15 is 0 Å². The summed E-state index contributed by atoms with van der Waals surface area (Å²) in [5.41, 5.74) is 0. The molecule has 0 aliphatic carbocycles. The molecule has 0 saturated carbocycles. The van der Waals surface area contributed by atoms with Crippen molar-refractivity contribution in [3.8, 4) is 0 Å². The van der Waals surface area contributed by atoms with Gasteiger partial charge in [-0.15, -0.1) is 24.0 Å². The smallest absolute Gasteiger partial charge is 0.193 e. The van der Waals surface area contributed by atoms with Crippen LogP contribution in [0, 0.1) is 11.8 Å². The Morgan fingerprint density at radius 3 is 2.48 bits per heavy atom. The maximum absolute atomic E-state index is 4.98. The van der Waals surface area contributed by atoms with E-state index in [4.69, 9.17) is 4.99 Å².